The normalized spacial score (nSPS) is 31.3. The van der Waals surface area contributed by atoms with Gasteiger partial charge in [0.1, 0.15) is 0 Å². The molecule has 0 unspecified atom stereocenters. The minimum atomic E-state index is -0.416. The zero-order chi connectivity index (χ0) is 20.7. The second kappa shape index (κ2) is 7.71. The Bertz CT molecular complexity index is 825. The van der Waals surface area contributed by atoms with Crippen LogP contribution in [0.1, 0.15) is 68.1 Å². The predicted molar refractivity (Wildman–Crippen MR) is 112 cm³/mol. The highest BCUT2D eigenvalue weighted by Crippen LogP contribution is 2.61. The van der Waals surface area contributed by atoms with Crippen LogP contribution in [0.15, 0.2) is 24.3 Å². The van der Waals surface area contributed by atoms with Gasteiger partial charge in [-0.1, -0.05) is 12.1 Å². The van der Waals surface area contributed by atoms with Crippen LogP contribution >= 0.6 is 0 Å². The van der Waals surface area contributed by atoms with Crippen LogP contribution in [0.4, 0.5) is 5.69 Å². The van der Waals surface area contributed by atoms with Gasteiger partial charge in [0.25, 0.3) is 11.8 Å². The van der Waals surface area contributed by atoms with Crippen LogP contribution < -0.4 is 10.6 Å². The average Bonchev–Trinajstić information content (AvgIpc) is 3.49. The van der Waals surface area contributed by atoms with E-state index in [0.29, 0.717) is 17.7 Å². The Balaban J connectivity index is 1.13. The van der Waals surface area contributed by atoms with E-state index in [1.807, 2.05) is 0 Å². The summed E-state index contributed by atoms with van der Waals surface area (Å²) in [4.78, 5) is 37.3. The number of para-hydroxylation sites is 1. The molecule has 0 atom stereocenters. The van der Waals surface area contributed by atoms with Crippen LogP contribution in [0, 0.1) is 23.2 Å². The Morgan fingerprint density at radius 1 is 0.967 bits per heavy atom. The van der Waals surface area contributed by atoms with Gasteiger partial charge < -0.3 is 15.4 Å². The minimum absolute atomic E-state index is 0.107. The quantitative estimate of drug-likeness (QED) is 0.672. The number of nitrogens with one attached hydrogen (secondary N) is 2. The molecule has 0 heterocycles. The second-order valence-corrected chi connectivity index (χ2v) is 10.1. The number of rotatable bonds is 7. The molecule has 6 rings (SSSR count). The van der Waals surface area contributed by atoms with E-state index in [-0.39, 0.29) is 29.9 Å². The lowest BCUT2D eigenvalue weighted by atomic mass is 9.49. The molecular weight excluding hydrogens is 380 g/mol. The van der Waals surface area contributed by atoms with E-state index in [9.17, 15) is 14.4 Å². The minimum Gasteiger partial charge on any atom is -0.456 e. The number of anilines is 1. The van der Waals surface area contributed by atoms with Crippen LogP contribution in [0.2, 0.25) is 0 Å². The summed E-state index contributed by atoms with van der Waals surface area (Å²) in [6.45, 7) is -0.316. The molecule has 30 heavy (non-hydrogen) atoms. The van der Waals surface area contributed by atoms with Crippen molar-refractivity contribution in [2.24, 2.45) is 23.2 Å². The number of hydrogen-bond donors (Lipinski definition) is 2. The highest BCUT2D eigenvalue weighted by molar-refractivity contribution is 6.04. The summed E-state index contributed by atoms with van der Waals surface area (Å²) in [5, 5.41) is 5.65. The van der Waals surface area contributed by atoms with Crippen molar-refractivity contribution >= 4 is 23.5 Å². The molecule has 5 aliphatic carbocycles. The van der Waals surface area contributed by atoms with E-state index >= 15 is 0 Å². The number of benzene rings is 1. The van der Waals surface area contributed by atoms with E-state index in [4.69, 9.17) is 4.74 Å². The Morgan fingerprint density at radius 2 is 1.60 bits per heavy atom. The molecule has 5 saturated carbocycles. The van der Waals surface area contributed by atoms with E-state index in [2.05, 4.69) is 10.6 Å². The fraction of sp³-hybridized carbons (Fsp3) is 0.625. The van der Waals surface area contributed by atoms with Gasteiger partial charge in [-0.25, -0.2) is 0 Å². The summed E-state index contributed by atoms with van der Waals surface area (Å²) in [6.07, 6.45) is 9.88. The molecule has 2 amide bonds. The average molecular weight is 411 g/mol. The molecule has 2 N–H and O–H groups in total. The second-order valence-electron chi connectivity index (χ2n) is 10.1. The van der Waals surface area contributed by atoms with Crippen LogP contribution in [0.3, 0.4) is 0 Å². The molecule has 6 nitrogen and oxygen atoms in total. The van der Waals surface area contributed by atoms with Crippen molar-refractivity contribution < 1.29 is 19.1 Å². The van der Waals surface area contributed by atoms with Gasteiger partial charge in [-0.3, -0.25) is 14.4 Å². The van der Waals surface area contributed by atoms with Gasteiger partial charge in [-0.2, -0.15) is 0 Å². The molecular formula is C24H30N2O4. The first-order chi connectivity index (χ1) is 14.5. The fourth-order valence-corrected chi connectivity index (χ4v) is 6.48. The van der Waals surface area contributed by atoms with Gasteiger partial charge in [0.2, 0.25) is 0 Å². The van der Waals surface area contributed by atoms with Crippen molar-refractivity contribution in [2.75, 3.05) is 11.9 Å². The zero-order valence-corrected chi connectivity index (χ0v) is 17.3. The van der Waals surface area contributed by atoms with Crippen molar-refractivity contribution in [1.29, 1.82) is 0 Å². The lowest BCUT2D eigenvalue weighted by molar-refractivity contribution is -0.154. The third kappa shape index (κ3) is 4.23. The van der Waals surface area contributed by atoms with Crippen LogP contribution in [0.25, 0.3) is 0 Å². The summed E-state index contributed by atoms with van der Waals surface area (Å²) in [5.74, 6) is 1.47. The van der Waals surface area contributed by atoms with E-state index in [1.54, 1.807) is 24.3 Å². The van der Waals surface area contributed by atoms with E-state index in [1.165, 1.54) is 19.3 Å². The number of esters is 1. The molecule has 1 aromatic rings. The predicted octanol–water partition coefficient (Wildman–Crippen LogP) is 3.67. The van der Waals surface area contributed by atoms with Crippen LogP contribution in [0.5, 0.6) is 0 Å². The fourth-order valence-electron chi connectivity index (χ4n) is 6.48. The van der Waals surface area contributed by atoms with Crippen molar-refractivity contribution in [2.45, 2.75) is 63.8 Å². The van der Waals surface area contributed by atoms with Gasteiger partial charge in [-0.05, 0) is 86.7 Å². The van der Waals surface area contributed by atoms with E-state index in [0.717, 1.165) is 49.9 Å². The molecule has 5 fully saturated rings. The number of ether oxygens (including phenoxy) is 1. The third-order valence-corrected chi connectivity index (χ3v) is 7.41. The standard InChI is InChI=1S/C24H30N2O4/c27-21(26-20-4-2-1-3-19(20)23(29)25-18-5-6-18)14-30-22(28)13-24-10-15-7-16(11-24)9-17(8-15)12-24/h1-4,15-18H,5-14H2,(H,25,29)(H,26,27). The molecule has 5 aliphatic rings. The number of carbonyl (C=O) groups excluding carboxylic acids is 3. The molecule has 1 aromatic carbocycles. The van der Waals surface area contributed by atoms with Gasteiger partial charge in [0, 0.05) is 6.04 Å². The number of carbonyl (C=O) groups is 3. The largest absolute Gasteiger partial charge is 0.456 e. The third-order valence-electron chi connectivity index (χ3n) is 7.41. The molecule has 0 spiro atoms. The molecule has 0 aliphatic heterocycles. The summed E-state index contributed by atoms with van der Waals surface area (Å²) in [6, 6.07) is 7.15. The van der Waals surface area contributed by atoms with Gasteiger partial charge in [0.05, 0.1) is 17.7 Å². The van der Waals surface area contributed by atoms with Crippen molar-refractivity contribution in [3.63, 3.8) is 0 Å². The Labute approximate surface area is 177 Å². The smallest absolute Gasteiger partial charge is 0.306 e. The van der Waals surface area contributed by atoms with Crippen LogP contribution in [-0.2, 0) is 14.3 Å². The Hall–Kier alpha value is -2.37. The van der Waals surface area contributed by atoms with Crippen molar-refractivity contribution in [3.05, 3.63) is 29.8 Å². The van der Waals surface area contributed by atoms with Crippen LogP contribution in [-0.4, -0.2) is 30.4 Å². The highest BCUT2D eigenvalue weighted by atomic mass is 16.5. The van der Waals surface area contributed by atoms with E-state index < -0.39 is 5.91 Å². The first-order valence-corrected chi connectivity index (χ1v) is 11.3. The summed E-state index contributed by atoms with van der Waals surface area (Å²) in [7, 11) is 0. The maximum atomic E-state index is 12.5. The molecule has 0 saturated heterocycles. The molecule has 160 valence electrons. The number of amides is 2. The molecule has 0 aromatic heterocycles. The summed E-state index contributed by atoms with van der Waals surface area (Å²) in [5.41, 5.74) is 0.978. The van der Waals surface area contributed by atoms with Gasteiger partial charge in [0.15, 0.2) is 6.61 Å². The summed E-state index contributed by atoms with van der Waals surface area (Å²) < 4.78 is 5.34. The van der Waals surface area contributed by atoms with Gasteiger partial charge >= 0.3 is 5.97 Å². The monoisotopic (exact) mass is 410 g/mol. The molecule has 4 bridgehead atoms. The molecule has 0 radical (unpaired) electrons. The zero-order valence-electron chi connectivity index (χ0n) is 17.3. The summed E-state index contributed by atoms with van der Waals surface area (Å²) >= 11 is 0. The van der Waals surface area contributed by atoms with Crippen molar-refractivity contribution in [1.82, 2.24) is 5.32 Å². The number of hydrogen-bond acceptors (Lipinski definition) is 4. The topological polar surface area (TPSA) is 84.5 Å². The first kappa shape index (κ1) is 19.6. The molecule has 6 heteroatoms. The Kier molecular flexibility index (Phi) is 5.03. The Morgan fingerprint density at radius 3 is 2.23 bits per heavy atom. The lowest BCUT2D eigenvalue weighted by Gasteiger charge is -2.56. The first-order valence-electron chi connectivity index (χ1n) is 11.3. The maximum absolute atomic E-state index is 12.5. The maximum Gasteiger partial charge on any atom is 0.306 e. The SMILES string of the molecule is O=C(COC(=O)CC12CC3CC(CC(C3)C1)C2)Nc1ccccc1C(=O)NC1CC1. The lowest BCUT2D eigenvalue weighted by Crippen LogP contribution is -2.47. The highest BCUT2D eigenvalue weighted by Gasteiger charge is 2.51. The van der Waals surface area contributed by atoms with Crippen molar-refractivity contribution in [3.8, 4) is 0 Å². The van der Waals surface area contributed by atoms with Gasteiger partial charge in [-0.15, -0.1) is 0 Å².